The van der Waals surface area contributed by atoms with Crippen LogP contribution in [0.3, 0.4) is 0 Å². The van der Waals surface area contributed by atoms with Gasteiger partial charge in [0.25, 0.3) is 0 Å². The Balaban J connectivity index is 0. The third-order valence-electron chi connectivity index (χ3n) is 0. The zero-order chi connectivity index (χ0) is 0. The second kappa shape index (κ2) is 129. The summed E-state index contributed by atoms with van der Waals surface area (Å²) in [5.74, 6) is 0. The Labute approximate surface area is 101 Å². The fourth-order valence-corrected chi connectivity index (χ4v) is 0. The maximum atomic E-state index is 0. The van der Waals surface area contributed by atoms with E-state index in [1.165, 1.54) is 0 Å². The van der Waals surface area contributed by atoms with Gasteiger partial charge < -0.3 is 24.8 Å². The molecule has 0 fully saturated rings. The fourth-order valence-electron chi connectivity index (χ4n) is 0. The van der Waals surface area contributed by atoms with E-state index in [9.17, 15) is 0 Å². The monoisotopic (exact) mass is 374 g/mol. The van der Waals surface area contributed by atoms with Crippen LogP contribution in [0.4, 0.5) is 0 Å². The van der Waals surface area contributed by atoms with E-state index >= 15 is 0 Å². The minimum atomic E-state index is 0. The van der Waals surface area contributed by atoms with Gasteiger partial charge in [-0.15, -0.1) is 0 Å². The van der Waals surface area contributed by atoms with Gasteiger partial charge in [-0.3, -0.25) is 0 Å². The summed E-state index contributed by atoms with van der Waals surface area (Å²) in [4.78, 5) is 0. The van der Waals surface area contributed by atoms with Crippen LogP contribution >= 0.6 is 0 Å². The van der Waals surface area contributed by atoms with Crippen LogP contribution in [-0.2, 0) is 0 Å². The molecule has 0 heterocycles. The molecule has 0 aromatic heterocycles. The second-order valence-electron chi connectivity index (χ2n) is 0. The smallest absolute Gasteiger partial charge is 0 e. The predicted octanol–water partition coefficient (Wildman–Crippen LogP) is -4.21. The summed E-state index contributed by atoms with van der Waals surface area (Å²) in [6.07, 6.45) is 0. The molecule has 0 aliphatic heterocycles. The Hall–Kier alpha value is 2.18. The van der Waals surface area contributed by atoms with Gasteiger partial charge in [0.2, 0.25) is 0 Å². The van der Waals surface area contributed by atoms with Crippen molar-refractivity contribution in [3.8, 4) is 0 Å². The van der Waals surface area contributed by atoms with E-state index in [1.54, 1.807) is 0 Å². The molecule has 0 amide bonds. The van der Waals surface area contributed by atoms with Gasteiger partial charge in [0.05, 0.1) is 0 Å². The summed E-state index contributed by atoms with van der Waals surface area (Å²) in [6, 6.07) is 0. The number of hydrogen-bond donors (Lipinski definition) is 0. The molecule has 0 aliphatic carbocycles. The Bertz CT molecular complexity index is 12.0. The molecule has 0 saturated heterocycles. The van der Waals surface area contributed by atoms with Crippen molar-refractivity contribution in [2.75, 3.05) is 0 Å². The summed E-state index contributed by atoms with van der Waals surface area (Å²) in [5, 5.41) is 0. The molecule has 0 saturated carbocycles. The van der Waals surface area contributed by atoms with Gasteiger partial charge in [-0.2, -0.15) is 0 Å². The maximum Gasteiger partial charge on any atom is 0 e. The van der Waals surface area contributed by atoms with E-state index in [-0.39, 0.29) is 102 Å². The van der Waals surface area contributed by atoms with E-state index in [1.807, 2.05) is 0 Å². The standard InChI is InChI=1S/4CH4.2ClH.2Sn/h4*1H4;2*1H;;/p-2. The average Bonchev–Trinajstić information content (AvgIpc) is 0. The van der Waals surface area contributed by atoms with Crippen LogP contribution < -0.4 is 24.8 Å². The molecule has 0 atom stereocenters. The van der Waals surface area contributed by atoms with Gasteiger partial charge in [0.15, 0.2) is 0 Å². The Morgan fingerprint density at radius 1 is 0.375 bits per heavy atom. The Morgan fingerprint density at radius 3 is 0.375 bits per heavy atom. The van der Waals surface area contributed by atoms with Gasteiger partial charge in [-0.25, -0.2) is 0 Å². The summed E-state index contributed by atoms with van der Waals surface area (Å²) >= 11 is 0. The molecule has 4 heteroatoms. The number of hydrogen-bond acceptors (Lipinski definition) is 0. The molecule has 0 N–H and O–H groups in total. The van der Waals surface area contributed by atoms with Crippen molar-refractivity contribution in [3.63, 3.8) is 0 Å². The summed E-state index contributed by atoms with van der Waals surface area (Å²) in [7, 11) is 0. The van der Waals surface area contributed by atoms with Crippen molar-refractivity contribution in [3.05, 3.63) is 0 Å². The first-order valence-corrected chi connectivity index (χ1v) is 0. The molecular weight excluding hydrogens is 356 g/mol. The molecule has 0 aromatic rings. The van der Waals surface area contributed by atoms with Crippen molar-refractivity contribution in [1.29, 1.82) is 0 Å². The first-order chi connectivity index (χ1) is 0. The van der Waals surface area contributed by atoms with Crippen LogP contribution in [-0.4, -0.2) is 47.8 Å². The van der Waals surface area contributed by atoms with Crippen molar-refractivity contribution in [2.45, 2.75) is 29.7 Å². The van der Waals surface area contributed by atoms with Gasteiger partial charge in [0.1, 0.15) is 0 Å². The summed E-state index contributed by atoms with van der Waals surface area (Å²) < 4.78 is 0. The molecule has 0 rings (SSSR count). The third-order valence-corrected chi connectivity index (χ3v) is 0. The van der Waals surface area contributed by atoms with E-state index in [4.69, 9.17) is 0 Å². The molecule has 0 unspecified atom stereocenters. The molecule has 0 aliphatic rings. The third kappa shape index (κ3) is 88.9. The quantitative estimate of drug-likeness (QED) is 0.378. The maximum absolute atomic E-state index is 0. The molecule has 0 nitrogen and oxygen atoms in total. The molecule has 8 radical (unpaired) electrons. The molecular formula is C4H16Cl2Sn2-2. The molecule has 56 valence electrons. The molecule has 0 aromatic carbocycles. The fraction of sp³-hybridized carbons (Fsp3) is 1.00. The van der Waals surface area contributed by atoms with Crippen molar-refractivity contribution in [1.82, 2.24) is 0 Å². The van der Waals surface area contributed by atoms with Crippen LogP contribution in [0.15, 0.2) is 0 Å². The van der Waals surface area contributed by atoms with Gasteiger partial charge >= 0.3 is 0 Å². The van der Waals surface area contributed by atoms with Crippen LogP contribution in [0.25, 0.3) is 0 Å². The van der Waals surface area contributed by atoms with Crippen molar-refractivity contribution >= 4 is 47.8 Å². The molecule has 0 bridgehead atoms. The van der Waals surface area contributed by atoms with Crippen LogP contribution in [0, 0.1) is 0 Å². The van der Waals surface area contributed by atoms with Crippen LogP contribution in [0.1, 0.15) is 29.7 Å². The normalized spacial score (nSPS) is 0. The topological polar surface area (TPSA) is 0 Å². The number of rotatable bonds is 0. The van der Waals surface area contributed by atoms with E-state index in [0.29, 0.717) is 0 Å². The van der Waals surface area contributed by atoms with E-state index in [0.717, 1.165) is 0 Å². The average molecular weight is 372 g/mol. The van der Waals surface area contributed by atoms with Gasteiger partial charge in [-0.05, 0) is 0 Å². The zero-order valence-electron chi connectivity index (χ0n) is 1.76. The second-order valence-corrected chi connectivity index (χ2v) is 0. The number of halogens is 2. The first-order valence-electron chi connectivity index (χ1n) is 0. The van der Waals surface area contributed by atoms with Gasteiger partial charge in [-0.1, -0.05) is 29.7 Å². The zero-order valence-corrected chi connectivity index (χ0v) is 8.98. The largest absolute Gasteiger partial charge is 1.00 e. The van der Waals surface area contributed by atoms with Crippen LogP contribution in [0.2, 0.25) is 0 Å². The van der Waals surface area contributed by atoms with Crippen molar-refractivity contribution in [2.24, 2.45) is 0 Å². The SMILES string of the molecule is C.C.C.C.[Cl-].[Cl-].[Sn].[Sn]. The predicted molar refractivity (Wildman–Crippen MR) is 38.4 cm³/mol. The minimum Gasteiger partial charge on any atom is -1.00 e. The summed E-state index contributed by atoms with van der Waals surface area (Å²) in [5.41, 5.74) is 0. The van der Waals surface area contributed by atoms with E-state index in [2.05, 4.69) is 0 Å². The van der Waals surface area contributed by atoms with E-state index < -0.39 is 0 Å². The van der Waals surface area contributed by atoms with Gasteiger partial charge in [0, 0.05) is 47.8 Å². The Morgan fingerprint density at radius 2 is 0.375 bits per heavy atom. The minimum absolute atomic E-state index is 0. The molecule has 8 heavy (non-hydrogen) atoms. The summed E-state index contributed by atoms with van der Waals surface area (Å²) in [6.45, 7) is 0. The first kappa shape index (κ1) is 181. The Kier molecular flexibility index (Phi) is 2930. The molecule has 0 spiro atoms. The van der Waals surface area contributed by atoms with Crippen LogP contribution in [0.5, 0.6) is 0 Å². The van der Waals surface area contributed by atoms with Crippen molar-refractivity contribution < 1.29 is 24.8 Å².